The van der Waals surface area contributed by atoms with E-state index in [0.29, 0.717) is 4.90 Å². The molecule has 0 bridgehead atoms. The molecule has 2 aromatic heterocycles. The third-order valence-corrected chi connectivity index (χ3v) is 5.88. The monoisotopic (exact) mass is 370 g/mol. The van der Waals surface area contributed by atoms with Gasteiger partial charge in [0.15, 0.2) is 0 Å². The van der Waals surface area contributed by atoms with Crippen LogP contribution in [0.15, 0.2) is 47.9 Å². The molecule has 0 unspecified atom stereocenters. The van der Waals surface area contributed by atoms with Gasteiger partial charge in [0.25, 0.3) is 0 Å². The van der Waals surface area contributed by atoms with E-state index in [-0.39, 0.29) is 6.54 Å². The van der Waals surface area contributed by atoms with Crippen LogP contribution in [0.4, 0.5) is 0 Å². The average molecular weight is 370 g/mol. The van der Waals surface area contributed by atoms with Crippen molar-refractivity contribution in [1.82, 2.24) is 19.5 Å². The van der Waals surface area contributed by atoms with Crippen LogP contribution in [-0.2, 0) is 23.6 Å². The molecular weight excluding hydrogens is 348 g/mol. The van der Waals surface area contributed by atoms with E-state index in [2.05, 4.69) is 14.8 Å². The first-order chi connectivity index (χ1) is 12.3. The van der Waals surface area contributed by atoms with E-state index in [1.54, 1.807) is 23.3 Å². The number of nitrogens with one attached hydrogen (secondary N) is 1. The highest BCUT2D eigenvalue weighted by Crippen LogP contribution is 2.22. The second kappa shape index (κ2) is 7.01. The molecule has 0 aliphatic rings. The van der Waals surface area contributed by atoms with Gasteiger partial charge < -0.3 is 0 Å². The van der Waals surface area contributed by atoms with Gasteiger partial charge in [-0.15, -0.1) is 0 Å². The third kappa shape index (κ3) is 3.84. The largest absolute Gasteiger partial charge is 0.275 e. The Bertz CT molecular complexity index is 1030. The molecular formula is C19H22N4O2S. The second-order valence-corrected chi connectivity index (χ2v) is 8.24. The molecule has 1 N–H and O–H groups in total. The molecule has 0 radical (unpaired) electrons. The summed E-state index contributed by atoms with van der Waals surface area (Å²) in [6, 6.07) is 5.68. The van der Waals surface area contributed by atoms with Crippen molar-refractivity contribution < 1.29 is 8.42 Å². The van der Waals surface area contributed by atoms with Crippen LogP contribution in [0.3, 0.4) is 0 Å². The van der Waals surface area contributed by atoms with Crippen LogP contribution in [0.2, 0.25) is 0 Å². The van der Waals surface area contributed by atoms with E-state index in [4.69, 9.17) is 0 Å². The summed E-state index contributed by atoms with van der Waals surface area (Å²) >= 11 is 0. The zero-order valence-corrected chi connectivity index (χ0v) is 16.1. The van der Waals surface area contributed by atoms with Crippen LogP contribution in [0.1, 0.15) is 22.3 Å². The highest BCUT2D eigenvalue weighted by molar-refractivity contribution is 7.89. The Balaban J connectivity index is 1.83. The van der Waals surface area contributed by atoms with E-state index in [0.717, 1.165) is 33.4 Å². The van der Waals surface area contributed by atoms with Crippen LogP contribution >= 0.6 is 0 Å². The molecule has 136 valence electrons. The molecule has 26 heavy (non-hydrogen) atoms. The number of hydrogen-bond donors (Lipinski definition) is 1. The summed E-state index contributed by atoms with van der Waals surface area (Å²) in [6.07, 6.45) is 7.05. The van der Waals surface area contributed by atoms with Gasteiger partial charge in [0.1, 0.15) is 0 Å². The van der Waals surface area contributed by atoms with Crippen LogP contribution in [0, 0.1) is 20.8 Å². The van der Waals surface area contributed by atoms with Crippen molar-refractivity contribution in [2.24, 2.45) is 7.05 Å². The second-order valence-electron chi connectivity index (χ2n) is 6.54. The van der Waals surface area contributed by atoms with Gasteiger partial charge in [-0.2, -0.15) is 5.10 Å². The fourth-order valence-corrected chi connectivity index (χ4v) is 4.62. The molecule has 6 nitrogen and oxygen atoms in total. The maximum Gasteiger partial charge on any atom is 0.241 e. The first-order valence-corrected chi connectivity index (χ1v) is 9.75. The molecule has 7 heteroatoms. The smallest absolute Gasteiger partial charge is 0.241 e. The summed E-state index contributed by atoms with van der Waals surface area (Å²) in [7, 11) is -1.76. The van der Waals surface area contributed by atoms with Crippen LogP contribution in [0.25, 0.3) is 11.1 Å². The Kier molecular flexibility index (Phi) is 4.93. The summed E-state index contributed by atoms with van der Waals surface area (Å²) in [6.45, 7) is 5.77. The topological polar surface area (TPSA) is 76.9 Å². The predicted molar refractivity (Wildman–Crippen MR) is 101 cm³/mol. The van der Waals surface area contributed by atoms with Gasteiger partial charge in [0.2, 0.25) is 10.0 Å². The van der Waals surface area contributed by atoms with E-state index in [9.17, 15) is 8.42 Å². The van der Waals surface area contributed by atoms with Crippen molar-refractivity contribution in [2.75, 3.05) is 0 Å². The van der Waals surface area contributed by atoms with Crippen molar-refractivity contribution in [2.45, 2.75) is 32.2 Å². The molecule has 1 aromatic carbocycles. The molecule has 0 atom stereocenters. The molecule has 0 aliphatic heterocycles. The lowest BCUT2D eigenvalue weighted by molar-refractivity contribution is 0.580. The molecule has 0 amide bonds. The summed E-state index contributed by atoms with van der Waals surface area (Å²) in [5.41, 5.74) is 5.17. The Morgan fingerprint density at radius 3 is 2.31 bits per heavy atom. The predicted octanol–water partition coefficient (Wildman–Crippen LogP) is 2.89. The first kappa shape index (κ1) is 18.3. The van der Waals surface area contributed by atoms with E-state index >= 15 is 0 Å². The molecule has 0 saturated carbocycles. The standard InChI is InChI=1S/C19H22N4O2S/c1-13-5-14(2)19(15(3)6-13)26(24,25)22-9-16-7-17(10-20-8-16)18-11-21-23(4)12-18/h5-8,10-12,22H,9H2,1-4H3. The number of aromatic nitrogens is 3. The average Bonchev–Trinajstić information content (AvgIpc) is 2.99. The molecule has 0 spiro atoms. The summed E-state index contributed by atoms with van der Waals surface area (Å²) < 4.78 is 29.9. The number of aryl methyl sites for hydroxylation is 4. The molecule has 3 rings (SSSR count). The Labute approximate surface area is 154 Å². The minimum Gasteiger partial charge on any atom is -0.275 e. The van der Waals surface area contributed by atoms with Gasteiger partial charge in [0.05, 0.1) is 11.1 Å². The van der Waals surface area contributed by atoms with Crippen molar-refractivity contribution >= 4 is 10.0 Å². The highest BCUT2D eigenvalue weighted by atomic mass is 32.2. The lowest BCUT2D eigenvalue weighted by Crippen LogP contribution is -2.25. The van der Waals surface area contributed by atoms with Crippen LogP contribution in [0.5, 0.6) is 0 Å². The van der Waals surface area contributed by atoms with Gasteiger partial charge in [-0.3, -0.25) is 9.67 Å². The Morgan fingerprint density at radius 1 is 1.00 bits per heavy atom. The number of nitrogens with zero attached hydrogens (tertiary/aromatic N) is 3. The third-order valence-electron chi connectivity index (χ3n) is 4.17. The normalized spacial score (nSPS) is 11.7. The zero-order valence-electron chi connectivity index (χ0n) is 15.3. The van der Waals surface area contributed by atoms with Crippen molar-refractivity contribution in [3.05, 3.63) is 65.2 Å². The fraction of sp³-hybridized carbons (Fsp3) is 0.263. The van der Waals surface area contributed by atoms with Gasteiger partial charge in [-0.1, -0.05) is 17.7 Å². The highest BCUT2D eigenvalue weighted by Gasteiger charge is 2.19. The van der Waals surface area contributed by atoms with Gasteiger partial charge in [0, 0.05) is 43.3 Å². The summed E-state index contributed by atoms with van der Waals surface area (Å²) in [5.74, 6) is 0. The number of pyridine rings is 1. The number of benzene rings is 1. The van der Waals surface area contributed by atoms with Crippen molar-refractivity contribution in [3.63, 3.8) is 0 Å². The van der Waals surface area contributed by atoms with Gasteiger partial charge in [-0.05, 0) is 43.5 Å². The van der Waals surface area contributed by atoms with Crippen molar-refractivity contribution in [1.29, 1.82) is 0 Å². The molecule has 0 fully saturated rings. The van der Waals surface area contributed by atoms with Crippen molar-refractivity contribution in [3.8, 4) is 11.1 Å². The first-order valence-electron chi connectivity index (χ1n) is 8.27. The Hall–Kier alpha value is -2.51. The number of rotatable bonds is 5. The molecule has 0 aliphatic carbocycles. The minimum absolute atomic E-state index is 0.177. The molecule has 0 saturated heterocycles. The molecule has 2 heterocycles. The maximum atomic E-state index is 12.8. The summed E-state index contributed by atoms with van der Waals surface area (Å²) in [4.78, 5) is 4.57. The van der Waals surface area contributed by atoms with Gasteiger partial charge >= 0.3 is 0 Å². The number of hydrogen-bond acceptors (Lipinski definition) is 4. The van der Waals surface area contributed by atoms with Gasteiger partial charge in [-0.25, -0.2) is 13.1 Å². The summed E-state index contributed by atoms with van der Waals surface area (Å²) in [5, 5.41) is 4.15. The van der Waals surface area contributed by atoms with Crippen LogP contribution < -0.4 is 4.72 Å². The lowest BCUT2D eigenvalue weighted by atomic mass is 10.1. The zero-order chi connectivity index (χ0) is 18.9. The van der Waals surface area contributed by atoms with Crippen LogP contribution in [-0.4, -0.2) is 23.2 Å². The van der Waals surface area contributed by atoms with E-state index in [1.165, 1.54) is 0 Å². The molecule has 3 aromatic rings. The van der Waals surface area contributed by atoms with E-state index in [1.807, 2.05) is 52.2 Å². The quantitative estimate of drug-likeness (QED) is 0.749. The number of sulfonamides is 1. The minimum atomic E-state index is -3.60. The SMILES string of the molecule is Cc1cc(C)c(S(=O)(=O)NCc2cncc(-c3cnn(C)c3)c2)c(C)c1. The Morgan fingerprint density at radius 2 is 1.69 bits per heavy atom. The van der Waals surface area contributed by atoms with E-state index < -0.39 is 10.0 Å². The fourth-order valence-electron chi connectivity index (χ4n) is 3.15. The lowest BCUT2D eigenvalue weighted by Gasteiger charge is -2.13. The maximum absolute atomic E-state index is 12.8.